The van der Waals surface area contributed by atoms with Gasteiger partial charge in [-0.2, -0.15) is 0 Å². The molecule has 0 saturated carbocycles. The largest absolute Gasteiger partial charge is 0.409 e. The van der Waals surface area contributed by atoms with Gasteiger partial charge in [-0.25, -0.2) is 0 Å². The van der Waals surface area contributed by atoms with Crippen molar-refractivity contribution in [1.82, 2.24) is 5.32 Å². The molecule has 6 nitrogen and oxygen atoms in total. The molecule has 1 atom stereocenters. The number of benzene rings is 1. The molecular formula is C12H19N3O3. The number of nitrogens with two attached hydrogens (primary N) is 1. The van der Waals surface area contributed by atoms with Crippen molar-refractivity contribution in [2.45, 2.75) is 12.0 Å². The van der Waals surface area contributed by atoms with E-state index in [9.17, 15) is 0 Å². The Balaban J connectivity index is 2.75. The molecule has 18 heavy (non-hydrogen) atoms. The van der Waals surface area contributed by atoms with E-state index in [-0.39, 0.29) is 25.0 Å². The van der Waals surface area contributed by atoms with E-state index in [1.54, 1.807) is 0 Å². The van der Waals surface area contributed by atoms with Crippen LogP contribution in [0.4, 0.5) is 0 Å². The van der Waals surface area contributed by atoms with Crippen molar-refractivity contribution in [2.75, 3.05) is 19.8 Å². The van der Waals surface area contributed by atoms with Gasteiger partial charge in [-0.1, -0.05) is 35.5 Å². The highest BCUT2D eigenvalue weighted by molar-refractivity contribution is 5.87. The Hall–Kier alpha value is -1.63. The van der Waals surface area contributed by atoms with E-state index >= 15 is 0 Å². The minimum Gasteiger partial charge on any atom is -0.409 e. The molecule has 1 unspecified atom stereocenters. The predicted octanol–water partition coefficient (Wildman–Crippen LogP) is -0.541. The maximum absolute atomic E-state index is 8.97. The van der Waals surface area contributed by atoms with Crippen molar-refractivity contribution < 1.29 is 15.4 Å². The van der Waals surface area contributed by atoms with Crippen molar-refractivity contribution in [3.63, 3.8) is 0 Å². The van der Waals surface area contributed by atoms with Gasteiger partial charge in [0.2, 0.25) is 0 Å². The fourth-order valence-electron chi connectivity index (χ4n) is 1.62. The van der Waals surface area contributed by atoms with Gasteiger partial charge in [0.05, 0.1) is 25.2 Å². The summed E-state index contributed by atoms with van der Waals surface area (Å²) in [6.07, 6.45) is 0. The third-order valence-electron chi connectivity index (χ3n) is 2.73. The van der Waals surface area contributed by atoms with Crippen LogP contribution in [0, 0.1) is 0 Å². The standard InChI is InChI=1S/C12H19N3O3/c13-12(15-18)11(6-14-10(7-16)8-17)9-4-2-1-3-5-9/h1-5,10-11,14,16-18H,6-8H2,(H2,13,15). The van der Waals surface area contributed by atoms with Gasteiger partial charge in [0.25, 0.3) is 0 Å². The van der Waals surface area contributed by atoms with Crippen LogP contribution >= 0.6 is 0 Å². The normalized spacial score (nSPS) is 13.8. The lowest BCUT2D eigenvalue weighted by molar-refractivity contribution is 0.171. The number of nitrogens with zero attached hydrogens (tertiary/aromatic N) is 1. The van der Waals surface area contributed by atoms with Crippen molar-refractivity contribution in [3.8, 4) is 0 Å². The van der Waals surface area contributed by atoms with Crippen molar-refractivity contribution in [1.29, 1.82) is 0 Å². The predicted molar refractivity (Wildman–Crippen MR) is 68.6 cm³/mol. The molecule has 0 aliphatic rings. The summed E-state index contributed by atoms with van der Waals surface area (Å²) in [4.78, 5) is 0. The van der Waals surface area contributed by atoms with Crippen LogP contribution in [-0.2, 0) is 0 Å². The lowest BCUT2D eigenvalue weighted by atomic mass is 9.98. The molecule has 6 heteroatoms. The molecule has 1 aromatic rings. The molecular weight excluding hydrogens is 234 g/mol. The fraction of sp³-hybridized carbons (Fsp3) is 0.417. The van der Waals surface area contributed by atoms with Crippen molar-refractivity contribution >= 4 is 5.84 Å². The monoisotopic (exact) mass is 253 g/mol. The van der Waals surface area contributed by atoms with E-state index in [4.69, 9.17) is 21.2 Å². The average Bonchev–Trinajstić information content (AvgIpc) is 2.44. The van der Waals surface area contributed by atoms with Gasteiger partial charge < -0.3 is 26.5 Å². The molecule has 0 aliphatic carbocycles. The van der Waals surface area contributed by atoms with Crippen LogP contribution < -0.4 is 11.1 Å². The number of oxime groups is 1. The van der Waals surface area contributed by atoms with E-state index in [2.05, 4.69) is 10.5 Å². The van der Waals surface area contributed by atoms with Gasteiger partial charge in [0, 0.05) is 6.54 Å². The summed E-state index contributed by atoms with van der Waals surface area (Å²) in [5.41, 5.74) is 6.55. The van der Waals surface area contributed by atoms with Crippen LogP contribution in [0.25, 0.3) is 0 Å². The fourth-order valence-corrected chi connectivity index (χ4v) is 1.62. The van der Waals surface area contributed by atoms with E-state index in [1.807, 2.05) is 30.3 Å². The second-order valence-electron chi connectivity index (χ2n) is 3.96. The molecule has 0 fully saturated rings. The minimum atomic E-state index is -0.414. The van der Waals surface area contributed by atoms with Crippen LogP contribution in [0.5, 0.6) is 0 Å². The van der Waals surface area contributed by atoms with Crippen LogP contribution in [0.2, 0.25) is 0 Å². The Labute approximate surface area is 106 Å². The molecule has 0 spiro atoms. The van der Waals surface area contributed by atoms with Gasteiger partial charge in [-0.05, 0) is 5.56 Å². The third kappa shape index (κ3) is 3.99. The first-order valence-corrected chi connectivity index (χ1v) is 5.70. The summed E-state index contributed by atoms with van der Waals surface area (Å²) >= 11 is 0. The average molecular weight is 253 g/mol. The van der Waals surface area contributed by atoms with Crippen LogP contribution in [-0.4, -0.2) is 47.1 Å². The number of amidine groups is 1. The Morgan fingerprint density at radius 2 is 1.83 bits per heavy atom. The number of hydrogen-bond acceptors (Lipinski definition) is 5. The number of nitrogens with one attached hydrogen (secondary N) is 1. The number of hydrogen-bond donors (Lipinski definition) is 5. The molecule has 0 aliphatic heterocycles. The molecule has 6 N–H and O–H groups in total. The quantitative estimate of drug-likeness (QED) is 0.194. The Bertz CT molecular complexity index is 366. The molecule has 100 valence electrons. The topological polar surface area (TPSA) is 111 Å². The molecule has 0 aromatic heterocycles. The number of aliphatic hydroxyl groups is 2. The number of rotatable bonds is 7. The zero-order chi connectivity index (χ0) is 13.4. The highest BCUT2D eigenvalue weighted by atomic mass is 16.4. The maximum Gasteiger partial charge on any atom is 0.147 e. The van der Waals surface area contributed by atoms with E-state index in [1.165, 1.54) is 0 Å². The summed E-state index contributed by atoms with van der Waals surface area (Å²) in [6.45, 7) is 0.0219. The second-order valence-corrected chi connectivity index (χ2v) is 3.96. The van der Waals surface area contributed by atoms with Crippen molar-refractivity contribution in [3.05, 3.63) is 35.9 Å². The van der Waals surface area contributed by atoms with E-state index in [0.29, 0.717) is 6.54 Å². The summed E-state index contributed by atoms with van der Waals surface area (Å²) in [5, 5.41) is 32.7. The van der Waals surface area contributed by atoms with E-state index in [0.717, 1.165) is 5.56 Å². The van der Waals surface area contributed by atoms with Crippen LogP contribution in [0.1, 0.15) is 11.5 Å². The Kier molecular flexibility index (Phi) is 6.13. The lowest BCUT2D eigenvalue weighted by Gasteiger charge is -2.20. The van der Waals surface area contributed by atoms with Crippen LogP contribution in [0.3, 0.4) is 0 Å². The summed E-state index contributed by atoms with van der Waals surface area (Å²) in [5.74, 6) is -0.222. The molecule has 1 rings (SSSR count). The van der Waals surface area contributed by atoms with E-state index < -0.39 is 6.04 Å². The maximum atomic E-state index is 8.97. The first-order chi connectivity index (χ1) is 8.72. The lowest BCUT2D eigenvalue weighted by Crippen LogP contribution is -2.41. The minimum absolute atomic E-state index is 0.0864. The molecule has 0 bridgehead atoms. The first kappa shape index (κ1) is 14.4. The Morgan fingerprint density at radius 3 is 2.33 bits per heavy atom. The number of aliphatic hydroxyl groups excluding tert-OH is 2. The molecule has 0 radical (unpaired) electrons. The van der Waals surface area contributed by atoms with Gasteiger partial charge in [-0.3, -0.25) is 0 Å². The highest BCUT2D eigenvalue weighted by Gasteiger charge is 2.17. The SMILES string of the molecule is NC(=NO)C(CNC(CO)CO)c1ccccc1. The van der Waals surface area contributed by atoms with Crippen molar-refractivity contribution in [2.24, 2.45) is 10.9 Å². The van der Waals surface area contributed by atoms with Gasteiger partial charge >= 0.3 is 0 Å². The Morgan fingerprint density at radius 1 is 1.22 bits per heavy atom. The third-order valence-corrected chi connectivity index (χ3v) is 2.73. The van der Waals surface area contributed by atoms with Gasteiger partial charge in [0.1, 0.15) is 5.84 Å². The molecule has 0 heterocycles. The summed E-state index contributed by atoms with van der Waals surface area (Å²) < 4.78 is 0. The summed E-state index contributed by atoms with van der Waals surface area (Å²) in [6, 6.07) is 8.94. The smallest absolute Gasteiger partial charge is 0.147 e. The first-order valence-electron chi connectivity index (χ1n) is 5.70. The molecule has 0 saturated heterocycles. The second kappa shape index (κ2) is 7.65. The van der Waals surface area contributed by atoms with Crippen LogP contribution in [0.15, 0.2) is 35.5 Å². The van der Waals surface area contributed by atoms with Gasteiger partial charge in [-0.15, -0.1) is 0 Å². The summed E-state index contributed by atoms with van der Waals surface area (Å²) in [7, 11) is 0. The zero-order valence-electron chi connectivity index (χ0n) is 10.0. The van der Waals surface area contributed by atoms with Gasteiger partial charge in [0.15, 0.2) is 0 Å². The molecule has 0 amide bonds. The highest BCUT2D eigenvalue weighted by Crippen LogP contribution is 2.14. The zero-order valence-corrected chi connectivity index (χ0v) is 10.0. The molecule has 1 aromatic carbocycles.